The van der Waals surface area contributed by atoms with Crippen LogP contribution < -0.4 is 5.32 Å². The van der Waals surface area contributed by atoms with Gasteiger partial charge in [-0.05, 0) is 31.0 Å². The van der Waals surface area contributed by atoms with Crippen LogP contribution in [0.3, 0.4) is 0 Å². The first-order valence-corrected chi connectivity index (χ1v) is 7.14. The highest BCUT2D eigenvalue weighted by Crippen LogP contribution is 2.23. The molecule has 5 heteroatoms. The second kappa shape index (κ2) is 7.20. The summed E-state index contributed by atoms with van der Waals surface area (Å²) in [5.74, 6) is 0. The molecule has 0 amide bonds. The molecular weight excluding hydrogens is 288 g/mol. The van der Waals surface area contributed by atoms with Gasteiger partial charge in [0.25, 0.3) is 5.69 Å². The molecule has 110 valence electrons. The minimum Gasteiger partial charge on any atom is -0.310 e. The van der Waals surface area contributed by atoms with Crippen LogP contribution in [0, 0.1) is 10.1 Å². The maximum absolute atomic E-state index is 11.0. The van der Waals surface area contributed by atoms with Gasteiger partial charge in [0.1, 0.15) is 0 Å². The lowest BCUT2D eigenvalue weighted by molar-refractivity contribution is -0.385. The van der Waals surface area contributed by atoms with E-state index in [1.165, 1.54) is 11.6 Å². The summed E-state index contributed by atoms with van der Waals surface area (Å²) in [6.45, 7) is 2.51. The van der Waals surface area contributed by atoms with Gasteiger partial charge >= 0.3 is 0 Å². The van der Waals surface area contributed by atoms with Gasteiger partial charge in [0.05, 0.1) is 4.92 Å². The number of rotatable bonds is 6. The van der Waals surface area contributed by atoms with Gasteiger partial charge in [-0.2, -0.15) is 0 Å². The molecule has 0 radical (unpaired) electrons. The van der Waals surface area contributed by atoms with Crippen LogP contribution in [-0.4, -0.2) is 11.0 Å². The van der Waals surface area contributed by atoms with Crippen molar-refractivity contribution in [3.8, 4) is 0 Å². The summed E-state index contributed by atoms with van der Waals surface area (Å²) in [4.78, 5) is 10.6. The van der Waals surface area contributed by atoms with E-state index in [1.54, 1.807) is 12.1 Å². The molecule has 2 rings (SSSR count). The number of benzene rings is 2. The van der Waals surface area contributed by atoms with Crippen molar-refractivity contribution in [1.29, 1.82) is 0 Å². The van der Waals surface area contributed by atoms with Crippen LogP contribution in [-0.2, 0) is 13.0 Å². The van der Waals surface area contributed by atoms with Gasteiger partial charge in [0.15, 0.2) is 0 Å². The van der Waals surface area contributed by atoms with E-state index in [2.05, 4.69) is 24.4 Å². The van der Waals surface area contributed by atoms with Gasteiger partial charge in [-0.1, -0.05) is 41.9 Å². The molecule has 0 spiro atoms. The van der Waals surface area contributed by atoms with E-state index >= 15 is 0 Å². The zero-order chi connectivity index (χ0) is 15.2. The molecule has 0 saturated carbocycles. The van der Waals surface area contributed by atoms with Gasteiger partial charge in [0, 0.05) is 29.2 Å². The summed E-state index contributed by atoms with van der Waals surface area (Å²) in [5, 5.41) is 14.7. The Kier molecular flexibility index (Phi) is 5.31. The third-order valence-electron chi connectivity index (χ3n) is 3.27. The van der Waals surface area contributed by atoms with Crippen molar-refractivity contribution in [1.82, 2.24) is 5.32 Å². The predicted molar refractivity (Wildman–Crippen MR) is 84.6 cm³/mol. The highest BCUT2D eigenvalue weighted by molar-refractivity contribution is 6.30. The molecule has 0 aromatic heterocycles. The second-order valence-electron chi connectivity index (χ2n) is 5.00. The number of nitrogens with one attached hydrogen (secondary N) is 1. The molecule has 0 saturated heterocycles. The van der Waals surface area contributed by atoms with Crippen LogP contribution in [0.4, 0.5) is 5.69 Å². The number of nitrogens with zero attached hydrogens (tertiary/aromatic N) is 1. The fourth-order valence-electron chi connectivity index (χ4n) is 2.18. The SMILES string of the molecule is CC(Cc1ccccc1)NCc1ccc(Cl)cc1[N+](=O)[O-]. The lowest BCUT2D eigenvalue weighted by Crippen LogP contribution is -2.27. The number of nitro groups is 1. The van der Waals surface area contributed by atoms with Crippen LogP contribution in [0.15, 0.2) is 48.5 Å². The first-order valence-electron chi connectivity index (χ1n) is 6.76. The number of nitro benzene ring substituents is 1. The van der Waals surface area contributed by atoms with Crippen LogP contribution >= 0.6 is 11.6 Å². The molecule has 21 heavy (non-hydrogen) atoms. The molecule has 0 fully saturated rings. The number of hydrogen-bond acceptors (Lipinski definition) is 3. The van der Waals surface area contributed by atoms with Gasteiger partial charge < -0.3 is 5.32 Å². The molecule has 1 unspecified atom stereocenters. The average molecular weight is 305 g/mol. The topological polar surface area (TPSA) is 55.2 Å². The summed E-state index contributed by atoms with van der Waals surface area (Å²) >= 11 is 5.81. The first kappa shape index (κ1) is 15.5. The minimum atomic E-state index is -0.398. The summed E-state index contributed by atoms with van der Waals surface area (Å²) in [6, 6.07) is 15.1. The van der Waals surface area contributed by atoms with E-state index in [0.717, 1.165) is 6.42 Å². The van der Waals surface area contributed by atoms with Gasteiger partial charge in [-0.15, -0.1) is 0 Å². The first-order chi connectivity index (χ1) is 10.1. The van der Waals surface area contributed by atoms with Crippen molar-refractivity contribution in [3.05, 3.63) is 74.8 Å². The molecule has 0 aliphatic carbocycles. The summed E-state index contributed by atoms with van der Waals surface area (Å²) in [5.41, 5.74) is 1.94. The van der Waals surface area contributed by atoms with Crippen LogP contribution in [0.1, 0.15) is 18.1 Å². The van der Waals surface area contributed by atoms with Crippen molar-refractivity contribution in [2.45, 2.75) is 25.9 Å². The maximum atomic E-state index is 11.0. The monoisotopic (exact) mass is 304 g/mol. The molecule has 2 aromatic carbocycles. The largest absolute Gasteiger partial charge is 0.310 e. The standard InChI is InChI=1S/C16H17ClN2O2/c1-12(9-13-5-3-2-4-6-13)18-11-14-7-8-15(17)10-16(14)19(20)21/h2-8,10,12,18H,9,11H2,1H3. The minimum absolute atomic E-state index is 0.0573. The summed E-state index contributed by atoms with van der Waals surface area (Å²) < 4.78 is 0. The van der Waals surface area contributed by atoms with Crippen molar-refractivity contribution >= 4 is 17.3 Å². The fourth-order valence-corrected chi connectivity index (χ4v) is 2.35. The normalized spacial score (nSPS) is 12.1. The highest BCUT2D eigenvalue weighted by atomic mass is 35.5. The maximum Gasteiger partial charge on any atom is 0.275 e. The Balaban J connectivity index is 1.98. The highest BCUT2D eigenvalue weighted by Gasteiger charge is 2.14. The molecule has 4 nitrogen and oxygen atoms in total. The van der Waals surface area contributed by atoms with E-state index < -0.39 is 4.92 Å². The van der Waals surface area contributed by atoms with E-state index in [-0.39, 0.29) is 11.7 Å². The Bertz CT molecular complexity index is 617. The van der Waals surface area contributed by atoms with E-state index in [0.29, 0.717) is 17.1 Å². The Hall–Kier alpha value is -1.91. The predicted octanol–water partition coefficient (Wildman–Crippen LogP) is 3.97. The second-order valence-corrected chi connectivity index (χ2v) is 5.44. The van der Waals surface area contributed by atoms with Crippen molar-refractivity contribution < 1.29 is 4.92 Å². The van der Waals surface area contributed by atoms with Crippen molar-refractivity contribution in [3.63, 3.8) is 0 Å². The molecule has 0 heterocycles. The summed E-state index contributed by atoms with van der Waals surface area (Å²) in [6.07, 6.45) is 0.877. The molecule has 1 N–H and O–H groups in total. The lowest BCUT2D eigenvalue weighted by atomic mass is 10.1. The third-order valence-corrected chi connectivity index (χ3v) is 3.50. The van der Waals surface area contributed by atoms with E-state index in [1.807, 2.05) is 18.2 Å². The van der Waals surface area contributed by atoms with Crippen molar-refractivity contribution in [2.24, 2.45) is 0 Å². The fraction of sp³-hybridized carbons (Fsp3) is 0.250. The Morgan fingerprint density at radius 3 is 2.62 bits per heavy atom. The Morgan fingerprint density at radius 2 is 1.95 bits per heavy atom. The van der Waals surface area contributed by atoms with Crippen LogP contribution in [0.5, 0.6) is 0 Å². The average Bonchev–Trinajstić information content (AvgIpc) is 2.47. The molecular formula is C16H17ClN2O2. The van der Waals surface area contributed by atoms with Gasteiger partial charge in [-0.25, -0.2) is 0 Å². The smallest absolute Gasteiger partial charge is 0.275 e. The van der Waals surface area contributed by atoms with Crippen LogP contribution in [0.2, 0.25) is 5.02 Å². The van der Waals surface area contributed by atoms with E-state index in [9.17, 15) is 10.1 Å². The van der Waals surface area contributed by atoms with Gasteiger partial charge in [0.2, 0.25) is 0 Å². The Morgan fingerprint density at radius 1 is 1.24 bits per heavy atom. The molecule has 2 aromatic rings. The quantitative estimate of drug-likeness (QED) is 0.649. The number of hydrogen-bond donors (Lipinski definition) is 1. The summed E-state index contributed by atoms with van der Waals surface area (Å²) in [7, 11) is 0. The zero-order valence-corrected chi connectivity index (χ0v) is 12.5. The molecule has 1 atom stereocenters. The molecule has 0 aliphatic heterocycles. The van der Waals surface area contributed by atoms with Crippen LogP contribution in [0.25, 0.3) is 0 Å². The molecule has 0 aliphatic rings. The number of halogens is 1. The van der Waals surface area contributed by atoms with Gasteiger partial charge in [-0.3, -0.25) is 10.1 Å². The van der Waals surface area contributed by atoms with E-state index in [4.69, 9.17) is 11.6 Å². The lowest BCUT2D eigenvalue weighted by Gasteiger charge is -2.14. The zero-order valence-electron chi connectivity index (χ0n) is 11.8. The third kappa shape index (κ3) is 4.55. The Labute approximate surface area is 128 Å². The molecule has 0 bridgehead atoms. The van der Waals surface area contributed by atoms with Crippen molar-refractivity contribution in [2.75, 3.05) is 0 Å².